The van der Waals surface area contributed by atoms with Gasteiger partial charge in [0.1, 0.15) is 0 Å². The van der Waals surface area contributed by atoms with Gasteiger partial charge in [0.15, 0.2) is 18.1 Å². The molecule has 0 radical (unpaired) electrons. The molecule has 0 aliphatic rings. The lowest BCUT2D eigenvalue weighted by Crippen LogP contribution is -2.26. The van der Waals surface area contributed by atoms with Crippen LogP contribution >= 0.6 is 0 Å². The lowest BCUT2D eigenvalue weighted by atomic mass is 10.1. The van der Waals surface area contributed by atoms with Crippen LogP contribution in [0.3, 0.4) is 0 Å². The molecule has 1 rings (SSSR count). The van der Waals surface area contributed by atoms with Gasteiger partial charge in [0.05, 0.1) is 7.11 Å². The molecule has 1 aromatic rings. The first-order valence-electron chi connectivity index (χ1n) is 6.67. The molecule has 0 saturated carbocycles. The average molecular weight is 278 g/mol. The summed E-state index contributed by atoms with van der Waals surface area (Å²) < 4.78 is 10.5. The van der Waals surface area contributed by atoms with Crippen LogP contribution in [0.25, 0.3) is 0 Å². The van der Waals surface area contributed by atoms with Gasteiger partial charge in [-0.15, -0.1) is 0 Å². The van der Waals surface area contributed by atoms with E-state index in [1.807, 2.05) is 19.1 Å². The number of hydrazone groups is 1. The van der Waals surface area contributed by atoms with E-state index in [2.05, 4.69) is 24.4 Å². The molecule has 0 bridgehead atoms. The molecule has 1 amide bonds. The van der Waals surface area contributed by atoms with Gasteiger partial charge in [-0.1, -0.05) is 26.0 Å². The zero-order valence-corrected chi connectivity index (χ0v) is 12.5. The van der Waals surface area contributed by atoms with Crippen molar-refractivity contribution in [2.75, 3.05) is 13.7 Å². The van der Waals surface area contributed by atoms with Crippen LogP contribution in [0.5, 0.6) is 11.5 Å². The largest absolute Gasteiger partial charge is 0.493 e. The molecule has 5 heteroatoms. The van der Waals surface area contributed by atoms with Crippen LogP contribution in [0.15, 0.2) is 29.4 Å². The number of benzene rings is 1. The van der Waals surface area contributed by atoms with Crippen LogP contribution in [0.4, 0.5) is 0 Å². The molecule has 0 heterocycles. The lowest BCUT2D eigenvalue weighted by molar-refractivity contribution is -0.123. The van der Waals surface area contributed by atoms with Crippen molar-refractivity contribution in [3.63, 3.8) is 0 Å². The van der Waals surface area contributed by atoms with Crippen molar-refractivity contribution in [3.05, 3.63) is 24.3 Å². The fourth-order valence-electron chi connectivity index (χ4n) is 1.47. The number of methoxy groups -OCH3 is 1. The van der Waals surface area contributed by atoms with Gasteiger partial charge in [-0.25, -0.2) is 5.43 Å². The van der Waals surface area contributed by atoms with E-state index in [1.54, 1.807) is 19.2 Å². The molecule has 5 nitrogen and oxygen atoms in total. The summed E-state index contributed by atoms with van der Waals surface area (Å²) in [5.41, 5.74) is 3.39. The van der Waals surface area contributed by atoms with E-state index in [4.69, 9.17) is 9.47 Å². The molecule has 1 N–H and O–H groups in total. The van der Waals surface area contributed by atoms with Gasteiger partial charge in [-0.3, -0.25) is 4.79 Å². The van der Waals surface area contributed by atoms with Crippen LogP contribution in [-0.4, -0.2) is 25.3 Å². The third-order valence-electron chi connectivity index (χ3n) is 3.11. The fourth-order valence-corrected chi connectivity index (χ4v) is 1.47. The molecule has 110 valence electrons. The Labute approximate surface area is 120 Å². The Morgan fingerprint density at radius 3 is 2.60 bits per heavy atom. The van der Waals surface area contributed by atoms with Gasteiger partial charge in [-0.05, 0) is 31.4 Å². The van der Waals surface area contributed by atoms with Gasteiger partial charge in [-0.2, -0.15) is 5.10 Å². The maximum absolute atomic E-state index is 11.6. The summed E-state index contributed by atoms with van der Waals surface area (Å²) in [5.74, 6) is 1.19. The number of carbonyl (C=O) groups is 1. The minimum absolute atomic E-state index is 0.0995. The van der Waals surface area contributed by atoms with E-state index in [-0.39, 0.29) is 12.5 Å². The smallest absolute Gasteiger partial charge is 0.277 e. The summed E-state index contributed by atoms with van der Waals surface area (Å²) in [6.45, 7) is 5.94. The average Bonchev–Trinajstić information content (AvgIpc) is 2.49. The Morgan fingerprint density at radius 2 is 2.00 bits per heavy atom. The second-order valence-corrected chi connectivity index (χ2v) is 4.54. The second kappa shape index (κ2) is 8.19. The van der Waals surface area contributed by atoms with Gasteiger partial charge < -0.3 is 9.47 Å². The zero-order chi connectivity index (χ0) is 15.0. The van der Waals surface area contributed by atoms with Crippen molar-refractivity contribution in [2.45, 2.75) is 27.2 Å². The molecule has 1 aromatic carbocycles. The topological polar surface area (TPSA) is 59.9 Å². The Bertz CT molecular complexity index is 472. The first-order chi connectivity index (χ1) is 9.58. The van der Waals surface area contributed by atoms with Crippen molar-refractivity contribution >= 4 is 11.6 Å². The number of rotatable bonds is 7. The number of nitrogens with one attached hydrogen (secondary N) is 1. The van der Waals surface area contributed by atoms with Gasteiger partial charge >= 0.3 is 0 Å². The molecule has 0 spiro atoms. The van der Waals surface area contributed by atoms with Crippen LogP contribution in [-0.2, 0) is 4.79 Å². The monoisotopic (exact) mass is 278 g/mol. The third-order valence-corrected chi connectivity index (χ3v) is 3.11. The van der Waals surface area contributed by atoms with E-state index in [9.17, 15) is 4.79 Å². The summed E-state index contributed by atoms with van der Waals surface area (Å²) >= 11 is 0. The van der Waals surface area contributed by atoms with Gasteiger partial charge in [0, 0.05) is 5.71 Å². The van der Waals surface area contributed by atoms with Crippen LogP contribution in [0.2, 0.25) is 0 Å². The summed E-state index contributed by atoms with van der Waals surface area (Å²) in [6.07, 6.45) is 0.989. The van der Waals surface area contributed by atoms with E-state index in [0.29, 0.717) is 17.4 Å². The predicted octanol–water partition coefficient (Wildman–Crippen LogP) is 2.61. The summed E-state index contributed by atoms with van der Waals surface area (Å²) in [6, 6.07) is 7.19. The number of carbonyl (C=O) groups excluding carboxylic acids is 1. The van der Waals surface area contributed by atoms with Gasteiger partial charge in [0.25, 0.3) is 5.91 Å². The number of hydrogen-bond donors (Lipinski definition) is 1. The first-order valence-corrected chi connectivity index (χ1v) is 6.67. The van der Waals surface area contributed by atoms with Crippen LogP contribution in [0, 0.1) is 5.92 Å². The van der Waals surface area contributed by atoms with Crippen molar-refractivity contribution in [3.8, 4) is 11.5 Å². The minimum Gasteiger partial charge on any atom is -0.493 e. The highest BCUT2D eigenvalue weighted by atomic mass is 16.5. The highest BCUT2D eigenvalue weighted by Gasteiger charge is 2.07. The maximum Gasteiger partial charge on any atom is 0.277 e. The lowest BCUT2D eigenvalue weighted by Gasteiger charge is -2.10. The third kappa shape index (κ3) is 4.91. The fraction of sp³-hybridized carbons (Fsp3) is 0.467. The Balaban J connectivity index is 2.48. The Hall–Kier alpha value is -2.04. The second-order valence-electron chi connectivity index (χ2n) is 4.54. The Kier molecular flexibility index (Phi) is 6.56. The SMILES string of the molecule is CC[C@@H](C)/C(C)=N\NC(=O)COc1ccccc1OC. The zero-order valence-electron chi connectivity index (χ0n) is 12.5. The molecule has 0 saturated heterocycles. The van der Waals surface area contributed by atoms with E-state index >= 15 is 0 Å². The quantitative estimate of drug-likeness (QED) is 0.616. The molecular weight excluding hydrogens is 256 g/mol. The number of para-hydroxylation sites is 2. The van der Waals surface area contributed by atoms with Crippen molar-refractivity contribution in [2.24, 2.45) is 11.0 Å². The molecule has 0 aliphatic heterocycles. The molecule has 0 aliphatic carbocycles. The maximum atomic E-state index is 11.6. The summed E-state index contributed by atoms with van der Waals surface area (Å²) in [5, 5.41) is 4.06. The van der Waals surface area contributed by atoms with Gasteiger partial charge in [0.2, 0.25) is 0 Å². The molecule has 1 atom stereocenters. The predicted molar refractivity (Wildman–Crippen MR) is 79.2 cm³/mol. The van der Waals surface area contributed by atoms with Crippen molar-refractivity contribution in [1.82, 2.24) is 5.43 Å². The summed E-state index contributed by atoms with van der Waals surface area (Å²) in [4.78, 5) is 11.6. The van der Waals surface area contributed by atoms with Crippen LogP contribution in [0.1, 0.15) is 27.2 Å². The minimum atomic E-state index is -0.293. The molecule has 20 heavy (non-hydrogen) atoms. The molecular formula is C15H22N2O3. The van der Waals surface area contributed by atoms with E-state index in [0.717, 1.165) is 12.1 Å². The molecule has 0 fully saturated rings. The molecule has 0 unspecified atom stereocenters. The number of hydrogen-bond acceptors (Lipinski definition) is 4. The highest BCUT2D eigenvalue weighted by molar-refractivity contribution is 5.86. The molecule has 0 aromatic heterocycles. The normalized spacial score (nSPS) is 12.7. The number of ether oxygens (including phenoxy) is 2. The number of nitrogens with zero attached hydrogens (tertiary/aromatic N) is 1. The van der Waals surface area contributed by atoms with Crippen molar-refractivity contribution in [1.29, 1.82) is 0 Å². The van der Waals surface area contributed by atoms with Crippen molar-refractivity contribution < 1.29 is 14.3 Å². The first kappa shape index (κ1) is 16.0. The summed E-state index contributed by atoms with van der Waals surface area (Å²) in [7, 11) is 1.56. The van der Waals surface area contributed by atoms with E-state index in [1.165, 1.54) is 0 Å². The van der Waals surface area contributed by atoms with Crippen LogP contribution < -0.4 is 14.9 Å². The standard InChI is InChI=1S/C15H22N2O3/c1-5-11(2)12(3)16-17-15(18)10-20-14-9-7-6-8-13(14)19-4/h6-9,11H,5,10H2,1-4H3,(H,17,18)/b16-12-/t11-/m1/s1. The highest BCUT2D eigenvalue weighted by Crippen LogP contribution is 2.25. The number of amides is 1. The van der Waals surface area contributed by atoms with E-state index < -0.39 is 0 Å². The Morgan fingerprint density at radius 1 is 1.35 bits per heavy atom.